The molecule has 0 unspecified atom stereocenters. The number of nitriles is 1. The van der Waals surface area contributed by atoms with Crippen molar-refractivity contribution in [3.05, 3.63) is 35.2 Å². The zero-order valence-corrected chi connectivity index (χ0v) is 19.8. The molecule has 2 aliphatic rings. The van der Waals surface area contributed by atoms with Crippen molar-refractivity contribution in [1.82, 2.24) is 20.5 Å². The van der Waals surface area contributed by atoms with E-state index in [1.54, 1.807) is 17.4 Å². The van der Waals surface area contributed by atoms with Crippen LogP contribution >= 0.6 is 11.3 Å². The third kappa shape index (κ3) is 5.34. The van der Waals surface area contributed by atoms with Gasteiger partial charge in [0.15, 0.2) is 5.13 Å². The number of aromatic nitrogens is 1. The summed E-state index contributed by atoms with van der Waals surface area (Å²) >= 11 is 1.62. The number of likely N-dealkylation sites (N-methyl/N-ethyl adjacent to an activating group) is 1. The van der Waals surface area contributed by atoms with Crippen LogP contribution in [0.3, 0.4) is 0 Å². The lowest BCUT2D eigenvalue weighted by atomic mass is 9.80. The van der Waals surface area contributed by atoms with Gasteiger partial charge in [0.25, 0.3) is 5.91 Å². The van der Waals surface area contributed by atoms with Crippen LogP contribution in [0.4, 0.5) is 5.13 Å². The molecule has 1 aromatic heterocycles. The molecule has 2 amide bonds. The molecule has 2 N–H and O–H groups in total. The molecule has 2 heterocycles. The SMILES string of the molecule is CN1CCN(c2nc(-c3cccc(C(=O)NC4(C(=O)NCC#N)CCCCC4)c3)cs2)CC1. The van der Waals surface area contributed by atoms with E-state index in [0.717, 1.165) is 61.8 Å². The van der Waals surface area contributed by atoms with Gasteiger partial charge in [0, 0.05) is 42.7 Å². The molecule has 1 saturated carbocycles. The van der Waals surface area contributed by atoms with E-state index in [1.165, 1.54) is 0 Å². The van der Waals surface area contributed by atoms with E-state index in [1.807, 2.05) is 29.6 Å². The lowest BCUT2D eigenvalue weighted by Gasteiger charge is -2.36. The van der Waals surface area contributed by atoms with Crippen molar-refractivity contribution in [2.24, 2.45) is 0 Å². The summed E-state index contributed by atoms with van der Waals surface area (Å²) in [5.41, 5.74) is 1.27. The molecule has 4 rings (SSSR count). The molecular weight excluding hydrogens is 436 g/mol. The Morgan fingerprint density at radius 3 is 2.67 bits per heavy atom. The Balaban J connectivity index is 1.49. The summed E-state index contributed by atoms with van der Waals surface area (Å²) in [5, 5.41) is 17.5. The van der Waals surface area contributed by atoms with Crippen LogP contribution in [-0.2, 0) is 4.79 Å². The van der Waals surface area contributed by atoms with E-state index in [4.69, 9.17) is 10.2 Å². The Kier molecular flexibility index (Phi) is 7.26. The number of hydrogen-bond acceptors (Lipinski definition) is 7. The molecule has 1 aromatic carbocycles. The first-order chi connectivity index (χ1) is 16.0. The molecule has 2 fully saturated rings. The van der Waals surface area contributed by atoms with Gasteiger partial charge in [-0.2, -0.15) is 5.26 Å². The van der Waals surface area contributed by atoms with E-state index in [2.05, 4.69) is 27.5 Å². The van der Waals surface area contributed by atoms with Gasteiger partial charge in [0.2, 0.25) is 5.91 Å². The van der Waals surface area contributed by atoms with Crippen LogP contribution in [0, 0.1) is 11.3 Å². The van der Waals surface area contributed by atoms with Crippen LogP contribution in [0.2, 0.25) is 0 Å². The summed E-state index contributed by atoms with van der Waals surface area (Å²) in [7, 11) is 2.13. The molecule has 0 spiro atoms. The molecule has 8 nitrogen and oxygen atoms in total. The first-order valence-electron chi connectivity index (χ1n) is 11.5. The van der Waals surface area contributed by atoms with Crippen molar-refractivity contribution in [3.8, 4) is 17.3 Å². The number of nitrogens with zero attached hydrogens (tertiary/aromatic N) is 4. The minimum atomic E-state index is -0.961. The third-order valence-electron chi connectivity index (χ3n) is 6.51. The normalized spacial score (nSPS) is 18.4. The van der Waals surface area contributed by atoms with E-state index in [9.17, 15) is 9.59 Å². The summed E-state index contributed by atoms with van der Waals surface area (Å²) in [6, 6.07) is 9.34. The van der Waals surface area contributed by atoms with Gasteiger partial charge in [-0.05, 0) is 32.0 Å². The summed E-state index contributed by atoms with van der Waals surface area (Å²) in [6.45, 7) is 3.90. The average Bonchev–Trinajstić information content (AvgIpc) is 3.34. The second-order valence-electron chi connectivity index (χ2n) is 8.82. The fraction of sp³-hybridized carbons (Fsp3) is 0.500. The van der Waals surface area contributed by atoms with E-state index in [0.29, 0.717) is 18.4 Å². The third-order valence-corrected chi connectivity index (χ3v) is 7.41. The van der Waals surface area contributed by atoms with Gasteiger partial charge in [-0.3, -0.25) is 9.59 Å². The highest BCUT2D eigenvalue weighted by Gasteiger charge is 2.40. The molecular formula is C24H30N6O2S. The van der Waals surface area contributed by atoms with Crippen molar-refractivity contribution < 1.29 is 9.59 Å². The second-order valence-corrected chi connectivity index (χ2v) is 9.66. The quantitative estimate of drug-likeness (QED) is 0.635. The van der Waals surface area contributed by atoms with Gasteiger partial charge in [-0.15, -0.1) is 11.3 Å². The second kappa shape index (κ2) is 10.3. The molecule has 1 aliphatic heterocycles. The van der Waals surface area contributed by atoms with Crippen LogP contribution in [0.25, 0.3) is 11.3 Å². The van der Waals surface area contributed by atoms with Gasteiger partial charge in [-0.25, -0.2) is 4.98 Å². The molecule has 1 saturated heterocycles. The number of thiazole rings is 1. The van der Waals surface area contributed by atoms with Crippen molar-refractivity contribution in [3.63, 3.8) is 0 Å². The van der Waals surface area contributed by atoms with Crippen LogP contribution in [0.5, 0.6) is 0 Å². The highest BCUT2D eigenvalue weighted by atomic mass is 32.1. The topological polar surface area (TPSA) is 101 Å². The van der Waals surface area contributed by atoms with Crippen LogP contribution in [-0.4, -0.2) is 67.0 Å². The lowest BCUT2D eigenvalue weighted by molar-refractivity contribution is -0.128. The number of benzene rings is 1. The van der Waals surface area contributed by atoms with Crippen LogP contribution in [0.15, 0.2) is 29.6 Å². The minimum Gasteiger partial charge on any atom is -0.346 e. The smallest absolute Gasteiger partial charge is 0.252 e. The maximum absolute atomic E-state index is 13.2. The average molecular weight is 467 g/mol. The van der Waals surface area contributed by atoms with Crippen LogP contribution < -0.4 is 15.5 Å². The monoisotopic (exact) mass is 466 g/mol. The number of hydrogen-bond donors (Lipinski definition) is 2. The Bertz CT molecular complexity index is 1030. The van der Waals surface area contributed by atoms with E-state index >= 15 is 0 Å². The first kappa shape index (κ1) is 23.2. The summed E-state index contributed by atoms with van der Waals surface area (Å²) in [4.78, 5) is 35.4. The van der Waals surface area contributed by atoms with Crippen molar-refractivity contribution in [1.29, 1.82) is 5.26 Å². The Morgan fingerprint density at radius 1 is 1.18 bits per heavy atom. The number of carbonyl (C=O) groups is 2. The molecule has 0 radical (unpaired) electrons. The largest absolute Gasteiger partial charge is 0.346 e. The Hall–Kier alpha value is -2.96. The molecule has 0 bridgehead atoms. The van der Waals surface area contributed by atoms with Gasteiger partial charge in [0.1, 0.15) is 12.1 Å². The summed E-state index contributed by atoms with van der Waals surface area (Å²) in [6.07, 6.45) is 3.94. The Morgan fingerprint density at radius 2 is 1.94 bits per heavy atom. The first-order valence-corrected chi connectivity index (χ1v) is 12.4. The number of amides is 2. The standard InChI is InChI=1S/C24H30N6O2S/c1-29-12-14-30(15-13-29)23-27-20(17-33-23)18-6-5-7-19(16-18)21(31)28-24(8-3-2-4-9-24)22(32)26-11-10-25/h5-7,16-17H,2-4,8-9,11-15H2,1H3,(H,26,32)(H,28,31). The lowest BCUT2D eigenvalue weighted by Crippen LogP contribution is -2.59. The highest BCUT2D eigenvalue weighted by molar-refractivity contribution is 7.14. The van der Waals surface area contributed by atoms with Crippen molar-refractivity contribution >= 4 is 28.3 Å². The Labute approximate surface area is 198 Å². The van der Waals surface area contributed by atoms with E-state index in [-0.39, 0.29) is 18.4 Å². The van der Waals surface area contributed by atoms with Gasteiger partial charge in [-0.1, -0.05) is 31.4 Å². The molecule has 1 aliphatic carbocycles. The maximum atomic E-state index is 13.2. The predicted octanol–water partition coefficient (Wildman–Crippen LogP) is 2.63. The van der Waals surface area contributed by atoms with Gasteiger partial charge < -0.3 is 20.4 Å². The zero-order valence-electron chi connectivity index (χ0n) is 19.0. The van der Waals surface area contributed by atoms with Crippen LogP contribution in [0.1, 0.15) is 42.5 Å². The molecule has 0 atom stereocenters. The van der Waals surface area contributed by atoms with E-state index < -0.39 is 5.54 Å². The maximum Gasteiger partial charge on any atom is 0.252 e. The number of piperazine rings is 1. The summed E-state index contributed by atoms with van der Waals surface area (Å²) in [5.74, 6) is -0.551. The predicted molar refractivity (Wildman–Crippen MR) is 129 cm³/mol. The highest BCUT2D eigenvalue weighted by Crippen LogP contribution is 2.31. The summed E-state index contributed by atoms with van der Waals surface area (Å²) < 4.78 is 0. The van der Waals surface area contributed by atoms with Crippen molar-refractivity contribution in [2.75, 3.05) is 44.7 Å². The van der Waals surface area contributed by atoms with Crippen molar-refractivity contribution in [2.45, 2.75) is 37.6 Å². The molecule has 2 aromatic rings. The minimum absolute atomic E-state index is 0.0641. The zero-order chi connectivity index (χ0) is 23.3. The molecule has 174 valence electrons. The fourth-order valence-corrected chi connectivity index (χ4v) is 5.39. The molecule has 33 heavy (non-hydrogen) atoms. The molecule has 9 heteroatoms. The number of carbonyl (C=O) groups excluding carboxylic acids is 2. The van der Waals surface area contributed by atoms with Gasteiger partial charge >= 0.3 is 0 Å². The van der Waals surface area contributed by atoms with Gasteiger partial charge in [0.05, 0.1) is 11.8 Å². The number of anilines is 1. The fourth-order valence-electron chi connectivity index (χ4n) is 4.50. The number of rotatable bonds is 6. The number of nitrogens with one attached hydrogen (secondary N) is 2.